The van der Waals surface area contributed by atoms with Gasteiger partial charge in [0.1, 0.15) is 0 Å². The molecule has 0 aliphatic heterocycles. The average Bonchev–Trinajstić information content (AvgIpc) is 2.46. The van der Waals surface area contributed by atoms with Gasteiger partial charge >= 0.3 is 0 Å². The van der Waals surface area contributed by atoms with E-state index in [-0.39, 0.29) is 33.9 Å². The van der Waals surface area contributed by atoms with Gasteiger partial charge in [0.2, 0.25) is 5.91 Å². The summed E-state index contributed by atoms with van der Waals surface area (Å²) in [5.74, 6) is -0.511. The van der Waals surface area contributed by atoms with E-state index in [0.29, 0.717) is 10.0 Å². The van der Waals surface area contributed by atoms with Crippen LogP contribution in [0.25, 0.3) is 0 Å². The Morgan fingerprint density at radius 3 is 2.39 bits per heavy atom. The van der Waals surface area contributed by atoms with Gasteiger partial charge < -0.3 is 15.7 Å². The van der Waals surface area contributed by atoms with Gasteiger partial charge in [0, 0.05) is 10.0 Å². The molecule has 0 bridgehead atoms. The lowest BCUT2D eigenvalue weighted by molar-refractivity contribution is -0.119. The van der Waals surface area contributed by atoms with Crippen LogP contribution in [0.3, 0.4) is 0 Å². The number of amides is 1. The molecule has 2 rings (SSSR count). The lowest BCUT2D eigenvalue weighted by atomic mass is 10.1. The number of benzene rings is 2. The first-order valence-corrected chi connectivity index (χ1v) is 7.92. The molecule has 0 aromatic heterocycles. The van der Waals surface area contributed by atoms with E-state index in [0.717, 1.165) is 5.56 Å². The first-order valence-electron chi connectivity index (χ1n) is 6.38. The van der Waals surface area contributed by atoms with Crippen LogP contribution in [0.2, 0.25) is 15.1 Å². The van der Waals surface area contributed by atoms with Gasteiger partial charge in [-0.15, -0.1) is 0 Å². The van der Waals surface area contributed by atoms with Crippen molar-refractivity contribution in [2.45, 2.75) is 6.42 Å². The number of rotatable bonds is 3. The van der Waals surface area contributed by atoms with Crippen molar-refractivity contribution in [3.05, 3.63) is 57.0 Å². The third-order valence-corrected chi connectivity index (χ3v) is 3.77. The van der Waals surface area contributed by atoms with Crippen molar-refractivity contribution in [2.75, 3.05) is 5.32 Å². The summed E-state index contributed by atoms with van der Waals surface area (Å²) in [7, 11) is 0. The van der Waals surface area contributed by atoms with E-state index in [1.165, 1.54) is 12.1 Å². The molecular weight excluding hydrogens is 379 g/mol. The highest BCUT2D eigenvalue weighted by Gasteiger charge is 2.11. The van der Waals surface area contributed by atoms with Gasteiger partial charge in [-0.1, -0.05) is 46.9 Å². The van der Waals surface area contributed by atoms with Crippen molar-refractivity contribution in [3.63, 3.8) is 0 Å². The highest BCUT2D eigenvalue weighted by molar-refractivity contribution is 7.80. The Labute approximate surface area is 153 Å². The molecule has 0 heterocycles. The summed E-state index contributed by atoms with van der Waals surface area (Å²) in [6.45, 7) is 0. The van der Waals surface area contributed by atoms with Crippen molar-refractivity contribution < 1.29 is 9.90 Å². The van der Waals surface area contributed by atoms with Crippen molar-refractivity contribution in [1.82, 2.24) is 5.32 Å². The number of nitrogens with one attached hydrogen (secondary N) is 2. The van der Waals surface area contributed by atoms with Gasteiger partial charge in [-0.05, 0) is 42.0 Å². The Bertz CT molecular complexity index is 751. The van der Waals surface area contributed by atoms with Gasteiger partial charge in [0.05, 0.1) is 17.1 Å². The summed E-state index contributed by atoms with van der Waals surface area (Å²) >= 11 is 22.5. The lowest BCUT2D eigenvalue weighted by Crippen LogP contribution is -2.35. The van der Waals surface area contributed by atoms with E-state index in [9.17, 15) is 9.90 Å². The molecule has 0 aliphatic rings. The molecule has 120 valence electrons. The first kappa shape index (κ1) is 17.8. The van der Waals surface area contributed by atoms with Crippen molar-refractivity contribution in [1.29, 1.82) is 0 Å². The number of hydrogen-bond acceptors (Lipinski definition) is 3. The third kappa shape index (κ3) is 5.25. The fourth-order valence-corrected chi connectivity index (χ4v) is 2.62. The Balaban J connectivity index is 1.97. The Morgan fingerprint density at radius 1 is 1.09 bits per heavy atom. The Hall–Kier alpha value is -1.53. The van der Waals surface area contributed by atoms with Gasteiger partial charge in [0.25, 0.3) is 0 Å². The van der Waals surface area contributed by atoms with Gasteiger partial charge in [-0.25, -0.2) is 0 Å². The number of phenols is 1. The molecule has 23 heavy (non-hydrogen) atoms. The second-order valence-electron chi connectivity index (χ2n) is 4.59. The normalized spacial score (nSPS) is 10.2. The quantitative estimate of drug-likeness (QED) is 0.537. The largest absolute Gasteiger partial charge is 0.504 e. The second-order valence-corrected chi connectivity index (χ2v) is 6.28. The monoisotopic (exact) mass is 388 g/mol. The summed E-state index contributed by atoms with van der Waals surface area (Å²) in [4.78, 5) is 11.9. The Morgan fingerprint density at radius 2 is 1.74 bits per heavy atom. The van der Waals surface area contributed by atoms with Crippen LogP contribution in [0.5, 0.6) is 5.75 Å². The Kier molecular flexibility index (Phi) is 6.07. The molecule has 0 fully saturated rings. The van der Waals surface area contributed by atoms with Crippen LogP contribution in [0.15, 0.2) is 36.4 Å². The average molecular weight is 390 g/mol. The molecule has 2 aromatic rings. The zero-order valence-corrected chi connectivity index (χ0v) is 14.7. The number of aromatic hydroxyl groups is 1. The SMILES string of the molecule is O=C(Cc1ccc(Cl)cc1)NC(=S)Nc1cc(Cl)cc(Cl)c1O. The molecule has 0 spiro atoms. The standard InChI is InChI=1S/C15H11Cl3N2O2S/c16-9-3-1-8(2-4-9)5-13(21)20-15(23)19-12-7-10(17)6-11(18)14(12)22/h1-4,6-7,22H,5H2,(H2,19,20,21,23). The van der Waals surface area contributed by atoms with Crippen molar-refractivity contribution in [2.24, 2.45) is 0 Å². The van der Waals surface area contributed by atoms with Crippen molar-refractivity contribution >= 4 is 63.7 Å². The maximum Gasteiger partial charge on any atom is 0.230 e. The van der Waals surface area contributed by atoms with Crippen LogP contribution >= 0.6 is 47.0 Å². The molecule has 0 unspecified atom stereocenters. The van der Waals surface area contributed by atoms with Crippen molar-refractivity contribution in [3.8, 4) is 5.75 Å². The zero-order chi connectivity index (χ0) is 17.0. The number of carbonyl (C=O) groups excluding carboxylic acids is 1. The molecule has 0 radical (unpaired) electrons. The molecule has 0 saturated heterocycles. The summed E-state index contributed by atoms with van der Waals surface area (Å²) < 4.78 is 0. The highest BCUT2D eigenvalue weighted by atomic mass is 35.5. The predicted octanol–water partition coefficient (Wildman–Crippen LogP) is 4.41. The van der Waals surface area contributed by atoms with Gasteiger partial charge in [-0.2, -0.15) is 0 Å². The molecule has 0 aliphatic carbocycles. The molecule has 4 nitrogen and oxygen atoms in total. The highest BCUT2D eigenvalue weighted by Crippen LogP contribution is 2.34. The molecule has 0 saturated carbocycles. The van der Waals surface area contributed by atoms with E-state index >= 15 is 0 Å². The summed E-state index contributed by atoms with van der Waals surface area (Å²) in [6, 6.07) is 9.74. The number of carbonyl (C=O) groups is 1. The van der Waals surface area contributed by atoms with E-state index in [4.69, 9.17) is 47.0 Å². The van der Waals surface area contributed by atoms with Gasteiger partial charge in [0.15, 0.2) is 10.9 Å². The minimum atomic E-state index is -0.308. The summed E-state index contributed by atoms with van der Waals surface area (Å²) in [5.41, 5.74) is 1.00. The molecule has 0 atom stereocenters. The molecular formula is C15H11Cl3N2O2S. The van der Waals surface area contributed by atoms with Crippen LogP contribution in [0, 0.1) is 0 Å². The van der Waals surface area contributed by atoms with Crippen LogP contribution in [0.1, 0.15) is 5.56 Å². The molecule has 8 heteroatoms. The van der Waals surface area contributed by atoms with Gasteiger partial charge in [-0.3, -0.25) is 4.79 Å². The number of hydrogen-bond donors (Lipinski definition) is 3. The number of thiocarbonyl (C=S) groups is 1. The topological polar surface area (TPSA) is 61.4 Å². The third-order valence-electron chi connectivity index (χ3n) is 2.81. The van der Waals surface area contributed by atoms with Crippen LogP contribution in [-0.2, 0) is 11.2 Å². The second kappa shape index (κ2) is 7.84. The smallest absolute Gasteiger partial charge is 0.230 e. The fourth-order valence-electron chi connectivity index (χ4n) is 1.77. The summed E-state index contributed by atoms with van der Waals surface area (Å²) in [6.07, 6.45) is 0.140. The number of halogens is 3. The van der Waals surface area contributed by atoms with E-state index in [2.05, 4.69) is 10.6 Å². The molecule has 3 N–H and O–H groups in total. The lowest BCUT2D eigenvalue weighted by Gasteiger charge is -2.12. The molecule has 2 aromatic carbocycles. The first-order chi connectivity index (χ1) is 10.8. The predicted molar refractivity (Wildman–Crippen MR) is 97.6 cm³/mol. The van der Waals surface area contributed by atoms with Crippen LogP contribution < -0.4 is 10.6 Å². The number of phenolic OH excluding ortho intramolecular Hbond substituents is 1. The minimum Gasteiger partial charge on any atom is -0.504 e. The van der Waals surface area contributed by atoms with Crippen LogP contribution in [0.4, 0.5) is 5.69 Å². The number of anilines is 1. The molecule has 1 amide bonds. The summed E-state index contributed by atoms with van der Waals surface area (Å²) in [5, 5.41) is 16.0. The van der Waals surface area contributed by atoms with Crippen LogP contribution in [-0.4, -0.2) is 16.1 Å². The zero-order valence-electron chi connectivity index (χ0n) is 11.6. The fraction of sp³-hybridized carbons (Fsp3) is 0.0667. The maximum absolute atomic E-state index is 11.9. The van der Waals surface area contributed by atoms with E-state index in [1.54, 1.807) is 24.3 Å². The van der Waals surface area contributed by atoms with E-state index in [1.807, 2.05) is 0 Å². The minimum absolute atomic E-state index is 0.0256. The van der Waals surface area contributed by atoms with E-state index < -0.39 is 0 Å². The maximum atomic E-state index is 11.9.